The van der Waals surface area contributed by atoms with Gasteiger partial charge in [-0.25, -0.2) is 9.78 Å². The third-order valence-electron chi connectivity index (χ3n) is 1.43. The average molecular weight is 244 g/mol. The number of rotatable bonds is 5. The fourth-order valence-corrected chi connectivity index (χ4v) is 2.53. The van der Waals surface area contributed by atoms with Crippen molar-refractivity contribution in [3.05, 3.63) is 18.3 Å². The Morgan fingerprint density at radius 2 is 2.53 bits per heavy atom. The zero-order valence-corrected chi connectivity index (χ0v) is 9.99. The Bertz CT molecular complexity index is 363. The van der Waals surface area contributed by atoms with Gasteiger partial charge in [0.1, 0.15) is 5.00 Å². The molecule has 1 heterocycles. The Kier molecular flexibility index (Phi) is 4.64. The summed E-state index contributed by atoms with van der Waals surface area (Å²) in [5.74, 6) is 0.284. The highest BCUT2D eigenvalue weighted by Crippen LogP contribution is 2.29. The highest BCUT2D eigenvalue weighted by molar-refractivity contribution is 8.01. The molecule has 1 rings (SSSR count). The zero-order chi connectivity index (χ0) is 11.3. The normalized spacial score (nSPS) is 9.93. The second-order valence-corrected chi connectivity index (χ2v) is 4.81. The number of nitrogens with zero attached hydrogens (tertiary/aromatic N) is 1. The van der Waals surface area contributed by atoms with Gasteiger partial charge in [0.25, 0.3) is 0 Å². The molecule has 0 amide bonds. The van der Waals surface area contributed by atoms with E-state index >= 15 is 0 Å². The van der Waals surface area contributed by atoms with Crippen molar-refractivity contribution >= 4 is 34.1 Å². The molecule has 0 saturated heterocycles. The Morgan fingerprint density at radius 1 is 1.80 bits per heavy atom. The lowest BCUT2D eigenvalue weighted by Crippen LogP contribution is -2.07. The summed E-state index contributed by atoms with van der Waals surface area (Å²) in [5, 5.41) is 0.403. The van der Waals surface area contributed by atoms with Crippen LogP contribution in [0.25, 0.3) is 0 Å². The van der Waals surface area contributed by atoms with E-state index in [-0.39, 0.29) is 5.69 Å². The fourth-order valence-electron chi connectivity index (χ4n) is 0.849. The van der Waals surface area contributed by atoms with E-state index in [1.165, 1.54) is 23.1 Å². The number of anilines is 1. The van der Waals surface area contributed by atoms with E-state index in [1.807, 2.05) is 0 Å². The number of nitrogens with two attached hydrogens (primary N) is 1. The molecule has 15 heavy (non-hydrogen) atoms. The van der Waals surface area contributed by atoms with Gasteiger partial charge >= 0.3 is 5.97 Å². The van der Waals surface area contributed by atoms with Gasteiger partial charge in [-0.05, 0) is 6.92 Å². The summed E-state index contributed by atoms with van der Waals surface area (Å²) in [6.07, 6.45) is 1.77. The van der Waals surface area contributed by atoms with Crippen LogP contribution in [0.4, 0.5) is 5.00 Å². The van der Waals surface area contributed by atoms with E-state index < -0.39 is 5.97 Å². The Hall–Kier alpha value is -1.01. The molecule has 1 aromatic rings. The number of thiazole rings is 1. The van der Waals surface area contributed by atoms with Gasteiger partial charge in [0, 0.05) is 5.75 Å². The Balaban J connectivity index is 2.76. The van der Waals surface area contributed by atoms with Gasteiger partial charge in [0.2, 0.25) is 0 Å². The number of carbonyl (C=O) groups excluding carboxylic acids is 1. The standard InChI is InChI=1S/C9H12N2O2S2/c1-3-5-14-9-11-6(7(10)15-9)8(12)13-4-2/h3H,1,4-5,10H2,2H3. The maximum atomic E-state index is 11.4. The minimum Gasteiger partial charge on any atom is -0.461 e. The van der Waals surface area contributed by atoms with Crippen LogP contribution in [0.5, 0.6) is 0 Å². The van der Waals surface area contributed by atoms with Gasteiger partial charge in [-0.2, -0.15) is 0 Å². The predicted octanol–water partition coefficient (Wildman–Crippen LogP) is 2.18. The first-order chi connectivity index (χ1) is 7.19. The van der Waals surface area contributed by atoms with Crippen LogP contribution in [-0.2, 0) is 4.74 Å². The van der Waals surface area contributed by atoms with Crippen molar-refractivity contribution < 1.29 is 9.53 Å². The van der Waals surface area contributed by atoms with Gasteiger partial charge in [0.05, 0.1) is 6.61 Å². The third kappa shape index (κ3) is 3.24. The molecule has 0 atom stereocenters. The van der Waals surface area contributed by atoms with Gasteiger partial charge in [-0.3, -0.25) is 0 Å². The topological polar surface area (TPSA) is 65.2 Å². The highest BCUT2D eigenvalue weighted by Gasteiger charge is 2.17. The summed E-state index contributed by atoms with van der Waals surface area (Å²) in [5.41, 5.74) is 5.88. The summed E-state index contributed by atoms with van der Waals surface area (Å²) < 4.78 is 5.58. The van der Waals surface area contributed by atoms with E-state index in [4.69, 9.17) is 10.5 Å². The predicted molar refractivity (Wildman–Crippen MR) is 63.4 cm³/mol. The third-order valence-corrected chi connectivity index (χ3v) is 3.45. The van der Waals surface area contributed by atoms with Crippen molar-refractivity contribution in [2.75, 3.05) is 18.1 Å². The molecule has 1 aromatic heterocycles. The van der Waals surface area contributed by atoms with Crippen LogP contribution in [-0.4, -0.2) is 23.3 Å². The average Bonchev–Trinajstić information content (AvgIpc) is 2.57. The molecule has 0 spiro atoms. The van der Waals surface area contributed by atoms with Gasteiger partial charge < -0.3 is 10.5 Å². The number of hydrogen-bond acceptors (Lipinski definition) is 6. The van der Waals surface area contributed by atoms with Crippen LogP contribution in [0.3, 0.4) is 0 Å². The highest BCUT2D eigenvalue weighted by atomic mass is 32.2. The number of nitrogen functional groups attached to an aromatic ring is 1. The maximum Gasteiger partial charge on any atom is 0.360 e. The molecule has 6 heteroatoms. The largest absolute Gasteiger partial charge is 0.461 e. The molecule has 0 aliphatic heterocycles. The summed E-state index contributed by atoms with van der Waals surface area (Å²) in [6.45, 7) is 5.67. The number of thioether (sulfide) groups is 1. The second-order valence-electron chi connectivity index (χ2n) is 2.51. The van der Waals surface area contributed by atoms with Gasteiger partial charge in [0.15, 0.2) is 10.0 Å². The van der Waals surface area contributed by atoms with Crippen molar-refractivity contribution in [3.8, 4) is 0 Å². The van der Waals surface area contributed by atoms with Crippen molar-refractivity contribution in [1.82, 2.24) is 4.98 Å². The van der Waals surface area contributed by atoms with Crippen LogP contribution in [0.15, 0.2) is 17.0 Å². The van der Waals surface area contributed by atoms with Crippen LogP contribution in [0.1, 0.15) is 17.4 Å². The monoisotopic (exact) mass is 244 g/mol. The fraction of sp³-hybridized carbons (Fsp3) is 0.333. The Labute approximate surface area is 96.5 Å². The van der Waals surface area contributed by atoms with Gasteiger partial charge in [-0.15, -0.1) is 6.58 Å². The first-order valence-electron chi connectivity index (χ1n) is 4.36. The van der Waals surface area contributed by atoms with E-state index in [9.17, 15) is 4.79 Å². The smallest absolute Gasteiger partial charge is 0.360 e. The van der Waals surface area contributed by atoms with Crippen molar-refractivity contribution in [2.45, 2.75) is 11.3 Å². The molecule has 0 bridgehead atoms. The zero-order valence-electron chi connectivity index (χ0n) is 8.36. The molecule has 0 aromatic carbocycles. The van der Waals surface area contributed by atoms with Crippen LogP contribution >= 0.6 is 23.1 Å². The first kappa shape index (κ1) is 12.1. The molecule has 0 radical (unpaired) electrons. The van der Waals surface area contributed by atoms with E-state index in [2.05, 4.69) is 11.6 Å². The van der Waals surface area contributed by atoms with Crippen LogP contribution in [0.2, 0.25) is 0 Å². The van der Waals surface area contributed by atoms with E-state index in [1.54, 1.807) is 13.0 Å². The first-order valence-corrected chi connectivity index (χ1v) is 6.16. The second kappa shape index (κ2) is 5.77. The number of aromatic nitrogens is 1. The number of ether oxygens (including phenoxy) is 1. The maximum absolute atomic E-state index is 11.4. The number of hydrogen-bond donors (Lipinski definition) is 1. The van der Waals surface area contributed by atoms with E-state index in [0.29, 0.717) is 11.6 Å². The summed E-state index contributed by atoms with van der Waals surface area (Å²) in [7, 11) is 0. The molecule has 82 valence electrons. The summed E-state index contributed by atoms with van der Waals surface area (Å²) in [4.78, 5) is 15.5. The molecular weight excluding hydrogens is 232 g/mol. The lowest BCUT2D eigenvalue weighted by atomic mass is 10.5. The number of esters is 1. The minimum absolute atomic E-state index is 0.216. The summed E-state index contributed by atoms with van der Waals surface area (Å²) in [6, 6.07) is 0. The van der Waals surface area contributed by atoms with Crippen molar-refractivity contribution in [1.29, 1.82) is 0 Å². The lowest BCUT2D eigenvalue weighted by Gasteiger charge is -1.97. The lowest BCUT2D eigenvalue weighted by molar-refractivity contribution is 0.0521. The molecule has 0 unspecified atom stereocenters. The molecule has 2 N–H and O–H groups in total. The molecular formula is C9H12N2O2S2. The van der Waals surface area contributed by atoms with Crippen LogP contribution < -0.4 is 5.73 Å². The van der Waals surface area contributed by atoms with Crippen LogP contribution in [0, 0.1) is 0 Å². The Morgan fingerprint density at radius 3 is 3.13 bits per heavy atom. The van der Waals surface area contributed by atoms with Gasteiger partial charge in [-0.1, -0.05) is 29.2 Å². The minimum atomic E-state index is -0.461. The quantitative estimate of drug-likeness (QED) is 0.488. The molecule has 4 nitrogen and oxygen atoms in total. The molecule has 0 saturated carbocycles. The number of carbonyl (C=O) groups is 1. The van der Waals surface area contributed by atoms with E-state index in [0.717, 1.165) is 10.1 Å². The SMILES string of the molecule is C=CCSc1nc(C(=O)OCC)c(N)s1. The summed E-state index contributed by atoms with van der Waals surface area (Å²) >= 11 is 2.78. The van der Waals surface area contributed by atoms with Crippen molar-refractivity contribution in [3.63, 3.8) is 0 Å². The molecule has 0 fully saturated rings. The van der Waals surface area contributed by atoms with Crippen molar-refractivity contribution in [2.24, 2.45) is 0 Å². The molecule has 0 aliphatic rings. The molecule has 0 aliphatic carbocycles.